The molecule has 41 heavy (non-hydrogen) atoms. The van der Waals surface area contributed by atoms with Gasteiger partial charge in [-0.05, 0) is 0 Å². The van der Waals surface area contributed by atoms with Crippen molar-refractivity contribution < 1.29 is 21.3 Å². The molecule has 2 heteroatoms. The fourth-order valence-electron chi connectivity index (χ4n) is 6.35. The molecule has 0 aliphatic heterocycles. The maximum atomic E-state index is 2.80. The molecule has 0 saturated heterocycles. The summed E-state index contributed by atoms with van der Waals surface area (Å²) in [4.78, 5) is 0. The molecule has 2 aliphatic rings. The molecule has 0 amide bonds. The average molecular weight is 634 g/mol. The van der Waals surface area contributed by atoms with Crippen molar-refractivity contribution in [3.8, 4) is 11.1 Å². The summed E-state index contributed by atoms with van der Waals surface area (Å²) in [6.07, 6.45) is 6.98. The van der Waals surface area contributed by atoms with Gasteiger partial charge in [-0.25, -0.2) is 0 Å². The Balaban J connectivity index is 1.61. The van der Waals surface area contributed by atoms with Crippen LogP contribution in [0.4, 0.5) is 0 Å². The van der Waals surface area contributed by atoms with Crippen LogP contribution in [0.25, 0.3) is 16.7 Å². The van der Waals surface area contributed by atoms with Crippen molar-refractivity contribution in [2.75, 3.05) is 0 Å². The molecule has 1 atom stereocenters. The van der Waals surface area contributed by atoms with Gasteiger partial charge >= 0.3 is 261 Å². The summed E-state index contributed by atoms with van der Waals surface area (Å²) >= 11 is -0.695. The number of thiophene rings is 1. The third kappa shape index (κ3) is 5.68. The number of rotatable bonds is 5. The first-order valence-corrected chi connectivity index (χ1v) is 19.8. The van der Waals surface area contributed by atoms with Crippen molar-refractivity contribution >= 4 is 23.9 Å². The number of fused-ring (bicyclic) bond motifs is 3. The molecule has 4 aromatic rings. The Labute approximate surface area is 259 Å². The zero-order chi connectivity index (χ0) is 28.9. The van der Waals surface area contributed by atoms with E-state index < -0.39 is 21.3 Å². The summed E-state index contributed by atoms with van der Waals surface area (Å²) in [6.45, 7) is 16.6. The van der Waals surface area contributed by atoms with Crippen LogP contribution < -0.4 is 3.27 Å². The Bertz CT molecular complexity index is 1680. The van der Waals surface area contributed by atoms with Gasteiger partial charge in [-0.3, -0.25) is 0 Å². The van der Waals surface area contributed by atoms with E-state index in [2.05, 4.69) is 142 Å². The summed E-state index contributed by atoms with van der Waals surface area (Å²) in [6, 6.07) is 25.9. The Kier molecular flexibility index (Phi) is 7.71. The number of benzene rings is 3. The van der Waals surface area contributed by atoms with Crippen LogP contribution in [0.5, 0.6) is 0 Å². The average Bonchev–Trinajstić information content (AvgIpc) is 3.67. The minimum absolute atomic E-state index is 0.0893. The van der Waals surface area contributed by atoms with E-state index in [-0.39, 0.29) is 10.8 Å². The van der Waals surface area contributed by atoms with Crippen molar-refractivity contribution in [1.82, 2.24) is 0 Å². The summed E-state index contributed by atoms with van der Waals surface area (Å²) in [5.74, 6) is 0.483. The first kappa shape index (κ1) is 28.7. The SMILES string of the molecule is CC1C=CC(c2ccsc2)=[C]1[Zr](=[CH]Cc1ccccc1)[c]1cc(C(C)(C)C)cc2c1Cc1ccc(C(C)(C)C)cc1-2. The molecule has 0 spiro atoms. The Morgan fingerprint density at radius 1 is 0.854 bits per heavy atom. The second-order valence-corrected chi connectivity index (χ2v) is 20.4. The van der Waals surface area contributed by atoms with E-state index in [1.54, 1.807) is 12.1 Å². The predicted octanol–water partition coefficient (Wildman–Crippen LogP) is 9.82. The van der Waals surface area contributed by atoms with Gasteiger partial charge in [0.15, 0.2) is 0 Å². The standard InChI is InChI=1S/C21H25.C10H9S.C8H8.Zr/c1-20(2,3)16-9-7-14-11-15-8-10-17(21(4,5)6)13-19(15)18(14)12-16;1-8-2-3-9(6-8)10-4-5-11-7-10;1-2-8-6-4-3-5-7-8;/h7,9-10,12-13H,11H2,1-6H3;2-5,7-8H,1H3;1,3-7H,2H2;. The van der Waals surface area contributed by atoms with Crippen LogP contribution in [-0.2, 0) is 44.9 Å². The van der Waals surface area contributed by atoms with Crippen molar-refractivity contribution in [2.45, 2.75) is 72.1 Å². The Hall–Kier alpha value is -2.41. The molecule has 0 nitrogen and oxygen atoms in total. The molecule has 0 saturated carbocycles. The Morgan fingerprint density at radius 2 is 1.59 bits per heavy atom. The van der Waals surface area contributed by atoms with Crippen LogP contribution >= 0.6 is 11.3 Å². The van der Waals surface area contributed by atoms with Gasteiger partial charge in [-0.15, -0.1) is 0 Å². The van der Waals surface area contributed by atoms with Crippen LogP contribution in [0.3, 0.4) is 0 Å². The van der Waals surface area contributed by atoms with Gasteiger partial charge in [0.05, 0.1) is 0 Å². The molecule has 0 N–H and O–H groups in total. The van der Waals surface area contributed by atoms with E-state index in [9.17, 15) is 0 Å². The van der Waals surface area contributed by atoms with E-state index >= 15 is 0 Å². The molecule has 1 aromatic heterocycles. The molecule has 3 aromatic carbocycles. The molecular formula is C39H42SZr. The van der Waals surface area contributed by atoms with Gasteiger partial charge in [-0.1, -0.05) is 0 Å². The number of hydrogen-bond acceptors (Lipinski definition) is 1. The van der Waals surface area contributed by atoms with Crippen molar-refractivity contribution in [2.24, 2.45) is 5.92 Å². The fraction of sp³-hybridized carbons (Fsp3) is 0.308. The van der Waals surface area contributed by atoms with Crippen molar-refractivity contribution in [3.05, 3.63) is 126 Å². The van der Waals surface area contributed by atoms with Crippen molar-refractivity contribution in [3.63, 3.8) is 0 Å². The molecule has 0 radical (unpaired) electrons. The monoisotopic (exact) mass is 632 g/mol. The second-order valence-electron chi connectivity index (χ2n) is 13.9. The van der Waals surface area contributed by atoms with Gasteiger partial charge in [0.25, 0.3) is 0 Å². The first-order chi connectivity index (χ1) is 19.5. The molecule has 1 unspecified atom stereocenters. The summed E-state index contributed by atoms with van der Waals surface area (Å²) < 4.78 is 6.23. The van der Waals surface area contributed by atoms with E-state index in [4.69, 9.17) is 0 Å². The molecular weight excluding hydrogens is 592 g/mol. The van der Waals surface area contributed by atoms with Crippen molar-refractivity contribution in [1.29, 1.82) is 0 Å². The molecule has 0 fully saturated rings. The number of allylic oxidation sites excluding steroid dienone is 4. The van der Waals surface area contributed by atoms with E-state index in [1.165, 1.54) is 44.5 Å². The zero-order valence-corrected chi connectivity index (χ0v) is 28.9. The quantitative estimate of drug-likeness (QED) is 0.181. The fourth-order valence-corrected chi connectivity index (χ4v) is 14.7. The third-order valence-electron chi connectivity index (χ3n) is 8.84. The summed E-state index contributed by atoms with van der Waals surface area (Å²) in [5, 5.41) is 4.57. The van der Waals surface area contributed by atoms with Crippen LogP contribution in [0.2, 0.25) is 0 Å². The van der Waals surface area contributed by atoms with Gasteiger partial charge < -0.3 is 0 Å². The van der Waals surface area contributed by atoms with Crippen LogP contribution in [-0.4, -0.2) is 3.71 Å². The van der Waals surface area contributed by atoms with Crippen LogP contribution in [0.15, 0.2) is 92.9 Å². The molecule has 6 rings (SSSR count). The van der Waals surface area contributed by atoms with Crippen LogP contribution in [0.1, 0.15) is 81.8 Å². The summed E-state index contributed by atoms with van der Waals surface area (Å²) in [7, 11) is 0. The van der Waals surface area contributed by atoms with Gasteiger partial charge in [-0.2, -0.15) is 0 Å². The van der Waals surface area contributed by atoms with Crippen LogP contribution in [0, 0.1) is 5.92 Å². The maximum absolute atomic E-state index is 2.80. The normalized spacial score (nSPS) is 16.9. The second kappa shape index (κ2) is 11.0. The molecule has 208 valence electrons. The van der Waals surface area contributed by atoms with E-state index in [1.807, 2.05) is 11.3 Å². The van der Waals surface area contributed by atoms with E-state index in [0.29, 0.717) is 5.92 Å². The van der Waals surface area contributed by atoms with Gasteiger partial charge in [0, 0.05) is 0 Å². The zero-order valence-electron chi connectivity index (χ0n) is 25.6. The summed E-state index contributed by atoms with van der Waals surface area (Å²) in [5.41, 5.74) is 13.5. The molecule has 2 aliphatic carbocycles. The molecule has 0 bridgehead atoms. The minimum atomic E-state index is -2.51. The van der Waals surface area contributed by atoms with E-state index in [0.717, 1.165) is 12.8 Å². The molecule has 1 heterocycles. The number of hydrogen-bond donors (Lipinski definition) is 0. The third-order valence-corrected chi connectivity index (χ3v) is 16.8. The van der Waals surface area contributed by atoms with Gasteiger partial charge in [0.2, 0.25) is 0 Å². The Morgan fingerprint density at radius 3 is 2.27 bits per heavy atom. The van der Waals surface area contributed by atoms with Gasteiger partial charge in [0.1, 0.15) is 0 Å². The topological polar surface area (TPSA) is 0 Å². The predicted molar refractivity (Wildman–Crippen MR) is 177 cm³/mol. The first-order valence-electron chi connectivity index (χ1n) is 15.0.